The summed E-state index contributed by atoms with van der Waals surface area (Å²) in [5, 5.41) is 5.13. The highest BCUT2D eigenvalue weighted by atomic mass is 32.2. The molecule has 13 nitrogen and oxygen atoms in total. The fourth-order valence-electron chi connectivity index (χ4n) is 6.78. The van der Waals surface area contributed by atoms with E-state index in [4.69, 9.17) is 23.7 Å². The van der Waals surface area contributed by atoms with E-state index in [0.29, 0.717) is 44.6 Å². The number of carbonyl (C=O) groups is 5. The Kier molecular flexibility index (Phi) is 12.8. The van der Waals surface area contributed by atoms with Crippen LogP contribution >= 0.6 is 11.8 Å². The molecule has 3 saturated heterocycles. The summed E-state index contributed by atoms with van der Waals surface area (Å²) in [6.45, 7) is 12.5. The Morgan fingerprint density at radius 3 is 2.48 bits per heavy atom. The van der Waals surface area contributed by atoms with Crippen molar-refractivity contribution in [1.82, 2.24) is 15.5 Å². The van der Waals surface area contributed by atoms with Crippen molar-refractivity contribution < 1.29 is 47.7 Å². The first-order chi connectivity index (χ1) is 22.6. The highest BCUT2D eigenvalue weighted by molar-refractivity contribution is 7.99. The van der Waals surface area contributed by atoms with Gasteiger partial charge in [0.25, 0.3) is 0 Å². The topological polar surface area (TPSA) is 165 Å². The number of hydrogen-bond acceptors (Lipinski definition) is 11. The van der Waals surface area contributed by atoms with E-state index < -0.39 is 41.3 Å². The van der Waals surface area contributed by atoms with Crippen molar-refractivity contribution in [1.29, 1.82) is 0 Å². The second-order valence-corrected chi connectivity index (χ2v) is 15.7. The quantitative estimate of drug-likeness (QED) is 0.147. The Bertz CT molecular complexity index is 1240. The average Bonchev–Trinajstić information content (AvgIpc) is 3.86. The number of amides is 4. The Balaban J connectivity index is 1.15. The van der Waals surface area contributed by atoms with E-state index in [-0.39, 0.29) is 60.7 Å². The van der Waals surface area contributed by atoms with Crippen molar-refractivity contribution in [3.05, 3.63) is 11.6 Å². The number of hydrogen-bond donors (Lipinski definition) is 2. The van der Waals surface area contributed by atoms with Crippen molar-refractivity contribution in [2.75, 3.05) is 51.5 Å². The number of Topliss-reactive ketones (excluding diaryl/α,β-unsaturated/α-hetero) is 1. The van der Waals surface area contributed by atoms with Crippen LogP contribution in [0.2, 0.25) is 0 Å². The molecule has 48 heavy (non-hydrogen) atoms. The molecule has 4 aliphatic rings. The molecule has 2 N–H and O–H groups in total. The number of ether oxygens (including phenoxy) is 5. The van der Waals surface area contributed by atoms with E-state index in [2.05, 4.69) is 37.5 Å². The number of ketones is 1. The summed E-state index contributed by atoms with van der Waals surface area (Å²) in [7, 11) is 1.60. The second kappa shape index (κ2) is 16.0. The minimum absolute atomic E-state index is 0.000458. The lowest BCUT2D eigenvalue weighted by Crippen LogP contribution is -2.56. The second-order valence-electron chi connectivity index (χ2n) is 14.6. The SMILES string of the molecule is CO[C@H]1[C@H](C2(C)O[C@@H]2CC=C(C)C)[C@]2(CC[C@H]1OC(=O)NC(=O)CSCCNC(=O)C1CCCN1C(=O)COCC(=O)C(C)(C)C)CO2. The van der Waals surface area contributed by atoms with Crippen LogP contribution in [0.25, 0.3) is 0 Å². The van der Waals surface area contributed by atoms with Crippen LogP contribution in [0.5, 0.6) is 0 Å². The molecule has 1 aliphatic carbocycles. The number of thioether (sulfide) groups is 1. The van der Waals surface area contributed by atoms with Gasteiger partial charge in [0.1, 0.15) is 42.7 Å². The molecule has 0 aromatic carbocycles. The molecule has 4 amide bonds. The number of methoxy groups -OCH3 is 1. The third kappa shape index (κ3) is 9.58. The monoisotopic (exact) mass is 695 g/mol. The maximum atomic E-state index is 12.8. The van der Waals surface area contributed by atoms with Crippen molar-refractivity contribution in [2.45, 2.75) is 109 Å². The standard InChI is InChI=1S/C34H53N3O10S/c1-21(2)10-11-25-33(6,47-25)29-28(43-7)23(12-13-34(29)20-45-34)46-31(42)36-26(39)19-48-16-14-35-30(41)22-9-8-15-37(22)27(40)18-44-17-24(38)32(3,4)5/h10,22-23,25,28-29H,8-9,11-20H2,1-7H3,(H,35,41)(H,36,39,42)/t22?,23-,25-,28-,29-,33?,34+/m1/s1. The smallest absolute Gasteiger partial charge is 0.414 e. The summed E-state index contributed by atoms with van der Waals surface area (Å²) < 4.78 is 29.1. The minimum atomic E-state index is -0.826. The van der Waals surface area contributed by atoms with E-state index in [9.17, 15) is 24.0 Å². The predicted octanol–water partition coefficient (Wildman–Crippen LogP) is 2.79. The van der Waals surface area contributed by atoms with Crippen LogP contribution in [0.3, 0.4) is 0 Å². The average molecular weight is 696 g/mol. The molecule has 0 aromatic rings. The fourth-order valence-corrected chi connectivity index (χ4v) is 7.43. The van der Waals surface area contributed by atoms with Gasteiger partial charge >= 0.3 is 6.09 Å². The molecule has 270 valence electrons. The van der Waals surface area contributed by atoms with E-state index in [1.807, 2.05) is 0 Å². The fraction of sp³-hybridized carbons (Fsp3) is 0.794. The molecule has 14 heteroatoms. The highest BCUT2D eigenvalue weighted by Gasteiger charge is 2.72. The Morgan fingerprint density at radius 1 is 1.10 bits per heavy atom. The first kappa shape index (κ1) is 38.3. The number of nitrogens with one attached hydrogen (secondary N) is 2. The predicted molar refractivity (Wildman–Crippen MR) is 178 cm³/mol. The first-order valence-corrected chi connectivity index (χ1v) is 18.0. The zero-order valence-corrected chi connectivity index (χ0v) is 30.2. The molecule has 1 spiro atoms. The summed E-state index contributed by atoms with van der Waals surface area (Å²) in [4.78, 5) is 64.2. The molecule has 2 unspecified atom stereocenters. The van der Waals surface area contributed by atoms with Crippen molar-refractivity contribution in [2.24, 2.45) is 11.3 Å². The van der Waals surface area contributed by atoms with E-state index >= 15 is 0 Å². The third-order valence-corrected chi connectivity index (χ3v) is 10.6. The third-order valence-electron chi connectivity index (χ3n) is 9.69. The molecule has 4 fully saturated rings. The van der Waals surface area contributed by atoms with Crippen LogP contribution in [-0.2, 0) is 42.9 Å². The van der Waals surface area contributed by atoms with Gasteiger partial charge in [0.2, 0.25) is 17.7 Å². The molecule has 4 rings (SSSR count). The van der Waals surface area contributed by atoms with Gasteiger partial charge in [-0.25, -0.2) is 4.79 Å². The normalized spacial score (nSPS) is 30.8. The number of alkyl carbamates (subject to hydrolysis) is 1. The maximum Gasteiger partial charge on any atom is 0.414 e. The molecule has 7 atom stereocenters. The largest absolute Gasteiger partial charge is 0.443 e. The number of nitrogens with zero attached hydrogens (tertiary/aromatic N) is 1. The van der Waals surface area contributed by atoms with Gasteiger partial charge < -0.3 is 33.9 Å². The van der Waals surface area contributed by atoms with Gasteiger partial charge in [-0.05, 0) is 52.9 Å². The molecular formula is C34H53N3O10S. The van der Waals surface area contributed by atoms with Gasteiger partial charge in [-0.15, -0.1) is 0 Å². The molecule has 1 saturated carbocycles. The van der Waals surface area contributed by atoms with Gasteiger partial charge in [-0.2, -0.15) is 11.8 Å². The summed E-state index contributed by atoms with van der Waals surface area (Å²) >= 11 is 1.26. The number of epoxide rings is 2. The van der Waals surface area contributed by atoms with Crippen molar-refractivity contribution in [3.8, 4) is 0 Å². The van der Waals surface area contributed by atoms with E-state index in [0.717, 1.165) is 6.42 Å². The highest BCUT2D eigenvalue weighted by Crippen LogP contribution is 2.59. The number of rotatable bonds is 15. The lowest BCUT2D eigenvalue weighted by atomic mass is 9.68. The number of allylic oxidation sites excluding steroid dienone is 1. The Labute approximate surface area is 287 Å². The Morgan fingerprint density at radius 2 is 1.83 bits per heavy atom. The van der Waals surface area contributed by atoms with Crippen LogP contribution in [0.15, 0.2) is 11.6 Å². The van der Waals surface area contributed by atoms with Gasteiger partial charge in [0, 0.05) is 31.4 Å². The summed E-state index contributed by atoms with van der Waals surface area (Å²) in [5.74, 6) is -0.896. The van der Waals surface area contributed by atoms with Gasteiger partial charge in [0.15, 0.2) is 5.78 Å². The van der Waals surface area contributed by atoms with Crippen LogP contribution in [-0.4, -0.2) is 122 Å². The Hall–Kier alpha value is -2.52. The summed E-state index contributed by atoms with van der Waals surface area (Å²) in [6.07, 6.45) is 3.64. The van der Waals surface area contributed by atoms with Crippen LogP contribution in [0.1, 0.15) is 73.6 Å². The number of likely N-dealkylation sites (tertiary alicyclic amines) is 1. The molecule has 3 aliphatic heterocycles. The summed E-state index contributed by atoms with van der Waals surface area (Å²) in [6, 6.07) is -0.600. The molecular weight excluding hydrogens is 642 g/mol. The van der Waals surface area contributed by atoms with Crippen molar-refractivity contribution >= 4 is 41.4 Å². The molecule has 3 heterocycles. The molecule has 0 aromatic heterocycles. The zero-order chi connectivity index (χ0) is 35.3. The van der Waals surface area contributed by atoms with Gasteiger partial charge in [-0.3, -0.25) is 24.5 Å². The molecule has 0 bridgehead atoms. The zero-order valence-electron chi connectivity index (χ0n) is 29.4. The van der Waals surface area contributed by atoms with Crippen LogP contribution in [0.4, 0.5) is 4.79 Å². The van der Waals surface area contributed by atoms with Gasteiger partial charge in [0.05, 0.1) is 24.4 Å². The van der Waals surface area contributed by atoms with Crippen molar-refractivity contribution in [3.63, 3.8) is 0 Å². The van der Waals surface area contributed by atoms with E-state index in [1.165, 1.54) is 22.2 Å². The summed E-state index contributed by atoms with van der Waals surface area (Å²) in [5.41, 5.74) is -0.136. The maximum absolute atomic E-state index is 12.8. The van der Waals surface area contributed by atoms with Crippen LogP contribution < -0.4 is 10.6 Å². The minimum Gasteiger partial charge on any atom is -0.443 e. The lowest BCUT2D eigenvalue weighted by molar-refractivity contribution is -0.144. The van der Waals surface area contributed by atoms with E-state index in [1.54, 1.807) is 27.9 Å². The molecule has 0 radical (unpaired) electrons. The first-order valence-electron chi connectivity index (χ1n) is 16.9. The lowest BCUT2D eigenvalue weighted by Gasteiger charge is -2.42. The number of imide groups is 1. The van der Waals surface area contributed by atoms with Crippen LogP contribution in [0, 0.1) is 11.3 Å². The van der Waals surface area contributed by atoms with Gasteiger partial charge in [-0.1, -0.05) is 32.4 Å². The number of carbonyl (C=O) groups excluding carboxylic acids is 5.